The smallest absolute Gasteiger partial charge is 0.293 e. The highest BCUT2D eigenvalue weighted by atomic mass is 16.6. The summed E-state index contributed by atoms with van der Waals surface area (Å²) in [6, 6.07) is 14.7. The predicted octanol–water partition coefficient (Wildman–Crippen LogP) is 3.80. The summed E-state index contributed by atoms with van der Waals surface area (Å²) in [6.45, 7) is 4.38. The number of hydrogen-bond donors (Lipinski definition) is 1. The van der Waals surface area contributed by atoms with E-state index in [2.05, 4.69) is 17.4 Å². The van der Waals surface area contributed by atoms with Crippen LogP contribution in [0.4, 0.5) is 11.4 Å². The van der Waals surface area contributed by atoms with Gasteiger partial charge in [-0.15, -0.1) is 0 Å². The molecule has 0 unspecified atom stereocenters. The molecule has 0 saturated carbocycles. The molecular formula is C20H25N3O3. The molecule has 0 spiro atoms. The second-order valence-corrected chi connectivity index (χ2v) is 6.60. The first-order valence-corrected chi connectivity index (χ1v) is 8.73. The molecule has 0 fully saturated rings. The van der Waals surface area contributed by atoms with E-state index in [1.165, 1.54) is 11.6 Å². The van der Waals surface area contributed by atoms with Crippen molar-refractivity contribution in [3.63, 3.8) is 0 Å². The molecule has 0 aliphatic rings. The van der Waals surface area contributed by atoms with Crippen LogP contribution in [0.2, 0.25) is 0 Å². The van der Waals surface area contributed by atoms with Crippen LogP contribution in [0.3, 0.4) is 0 Å². The zero-order chi connectivity index (χ0) is 19.1. The summed E-state index contributed by atoms with van der Waals surface area (Å²) in [4.78, 5) is 25.0. The lowest BCUT2D eigenvalue weighted by Crippen LogP contribution is -2.30. The zero-order valence-electron chi connectivity index (χ0n) is 15.4. The minimum atomic E-state index is -0.435. The number of carbonyl (C=O) groups is 1. The van der Waals surface area contributed by atoms with Gasteiger partial charge in [0.25, 0.3) is 11.6 Å². The van der Waals surface area contributed by atoms with E-state index < -0.39 is 4.92 Å². The molecule has 6 heteroatoms. The Morgan fingerprint density at radius 2 is 1.88 bits per heavy atom. The van der Waals surface area contributed by atoms with E-state index in [4.69, 9.17) is 0 Å². The molecule has 138 valence electrons. The number of carbonyl (C=O) groups excluding carboxylic acids is 1. The Morgan fingerprint density at radius 3 is 2.50 bits per heavy atom. The molecule has 0 radical (unpaired) electrons. The summed E-state index contributed by atoms with van der Waals surface area (Å²) in [6.07, 6.45) is 1.79. The largest absolute Gasteiger partial charge is 0.369 e. The average Bonchev–Trinajstić information content (AvgIpc) is 2.61. The standard InChI is InChI=1S/C20H25N3O3/c1-15(2)21-20(24)17-11-12-18(19(14-17)23(25)26)22(3)13-7-10-16-8-5-4-6-9-16/h4-6,8-9,11-12,14-15H,7,10,13H2,1-3H3,(H,21,24). The maximum Gasteiger partial charge on any atom is 0.293 e. The first-order chi connectivity index (χ1) is 12.4. The molecule has 0 aliphatic heterocycles. The van der Waals surface area contributed by atoms with E-state index in [9.17, 15) is 14.9 Å². The van der Waals surface area contributed by atoms with Gasteiger partial charge in [0.2, 0.25) is 0 Å². The Hall–Kier alpha value is -2.89. The van der Waals surface area contributed by atoms with Crippen LogP contribution < -0.4 is 10.2 Å². The molecule has 1 N–H and O–H groups in total. The minimum Gasteiger partial charge on any atom is -0.369 e. The first kappa shape index (κ1) is 19.4. The van der Waals surface area contributed by atoms with Crippen LogP contribution >= 0.6 is 0 Å². The molecule has 1 amide bonds. The lowest BCUT2D eigenvalue weighted by molar-refractivity contribution is -0.384. The van der Waals surface area contributed by atoms with Crippen molar-refractivity contribution in [3.05, 3.63) is 69.8 Å². The topological polar surface area (TPSA) is 75.5 Å². The van der Waals surface area contributed by atoms with Gasteiger partial charge < -0.3 is 10.2 Å². The highest BCUT2D eigenvalue weighted by Crippen LogP contribution is 2.28. The first-order valence-electron chi connectivity index (χ1n) is 8.73. The van der Waals surface area contributed by atoms with Crippen molar-refractivity contribution in [1.82, 2.24) is 5.32 Å². The van der Waals surface area contributed by atoms with Crippen LogP contribution in [0.15, 0.2) is 48.5 Å². The van der Waals surface area contributed by atoms with Crippen molar-refractivity contribution in [2.75, 3.05) is 18.5 Å². The molecule has 0 saturated heterocycles. The van der Waals surface area contributed by atoms with Crippen molar-refractivity contribution in [2.45, 2.75) is 32.7 Å². The summed E-state index contributed by atoms with van der Waals surface area (Å²) < 4.78 is 0. The highest BCUT2D eigenvalue weighted by molar-refractivity contribution is 5.95. The van der Waals surface area contributed by atoms with E-state index >= 15 is 0 Å². The number of nitro groups is 1. The van der Waals surface area contributed by atoms with E-state index in [-0.39, 0.29) is 17.6 Å². The van der Waals surface area contributed by atoms with Gasteiger partial charge in [-0.25, -0.2) is 0 Å². The van der Waals surface area contributed by atoms with Gasteiger partial charge in [0.05, 0.1) is 4.92 Å². The molecule has 0 bridgehead atoms. The van der Waals surface area contributed by atoms with E-state index in [1.807, 2.05) is 44.0 Å². The number of nitro benzene ring substituents is 1. The molecule has 0 heterocycles. The van der Waals surface area contributed by atoms with Crippen LogP contribution in [-0.4, -0.2) is 30.5 Å². The third kappa shape index (κ3) is 5.31. The van der Waals surface area contributed by atoms with E-state index in [1.54, 1.807) is 12.1 Å². The molecule has 26 heavy (non-hydrogen) atoms. The van der Waals surface area contributed by atoms with Gasteiger partial charge in [0.1, 0.15) is 5.69 Å². The molecule has 0 aromatic heterocycles. The Kier molecular flexibility index (Phi) is 6.72. The van der Waals surface area contributed by atoms with Crippen LogP contribution in [0.5, 0.6) is 0 Å². The lowest BCUT2D eigenvalue weighted by atomic mass is 10.1. The van der Waals surface area contributed by atoms with Crippen molar-refractivity contribution >= 4 is 17.3 Å². The fourth-order valence-corrected chi connectivity index (χ4v) is 2.76. The monoisotopic (exact) mass is 355 g/mol. The minimum absolute atomic E-state index is 0.0260. The van der Waals surface area contributed by atoms with Crippen molar-refractivity contribution < 1.29 is 9.72 Å². The van der Waals surface area contributed by atoms with Gasteiger partial charge in [-0.05, 0) is 44.4 Å². The summed E-state index contributed by atoms with van der Waals surface area (Å²) in [5.74, 6) is -0.304. The molecule has 0 atom stereocenters. The Bertz CT molecular complexity index is 760. The van der Waals surface area contributed by atoms with Gasteiger partial charge in [0, 0.05) is 31.3 Å². The number of nitrogens with zero attached hydrogens (tertiary/aromatic N) is 2. The summed E-state index contributed by atoms with van der Waals surface area (Å²) in [5.41, 5.74) is 2.01. The predicted molar refractivity (Wildman–Crippen MR) is 104 cm³/mol. The zero-order valence-corrected chi connectivity index (χ0v) is 15.4. The molecule has 6 nitrogen and oxygen atoms in total. The molecule has 2 aromatic rings. The van der Waals surface area contributed by atoms with Crippen LogP contribution in [-0.2, 0) is 6.42 Å². The number of aryl methyl sites for hydroxylation is 1. The van der Waals surface area contributed by atoms with E-state index in [0.29, 0.717) is 17.8 Å². The summed E-state index contributed by atoms with van der Waals surface area (Å²) in [5, 5.41) is 14.2. The third-order valence-corrected chi connectivity index (χ3v) is 4.07. The molecule has 2 aromatic carbocycles. The highest BCUT2D eigenvalue weighted by Gasteiger charge is 2.20. The molecule has 2 rings (SSSR count). The van der Waals surface area contributed by atoms with Gasteiger partial charge in [-0.2, -0.15) is 0 Å². The second-order valence-electron chi connectivity index (χ2n) is 6.60. The second kappa shape index (κ2) is 8.99. The van der Waals surface area contributed by atoms with Crippen LogP contribution in [0, 0.1) is 10.1 Å². The van der Waals surface area contributed by atoms with Gasteiger partial charge in [-0.3, -0.25) is 14.9 Å². The Morgan fingerprint density at radius 1 is 1.19 bits per heavy atom. The van der Waals surface area contributed by atoms with Crippen LogP contribution in [0.25, 0.3) is 0 Å². The SMILES string of the molecule is CC(C)NC(=O)c1ccc(N(C)CCCc2ccccc2)c([N+](=O)[O-])c1. The Labute approximate surface area is 154 Å². The molecule has 0 aliphatic carbocycles. The van der Waals surface area contributed by atoms with Crippen molar-refractivity contribution in [1.29, 1.82) is 0 Å². The quantitative estimate of drug-likeness (QED) is 0.577. The Balaban J connectivity index is 2.09. The number of benzene rings is 2. The number of rotatable bonds is 8. The fourth-order valence-electron chi connectivity index (χ4n) is 2.76. The fraction of sp³-hybridized carbons (Fsp3) is 0.350. The summed E-state index contributed by atoms with van der Waals surface area (Å²) in [7, 11) is 1.83. The van der Waals surface area contributed by atoms with Gasteiger partial charge >= 0.3 is 0 Å². The summed E-state index contributed by atoms with van der Waals surface area (Å²) >= 11 is 0. The third-order valence-electron chi connectivity index (χ3n) is 4.07. The maximum atomic E-state index is 12.1. The van der Waals surface area contributed by atoms with Crippen molar-refractivity contribution in [3.8, 4) is 0 Å². The average molecular weight is 355 g/mol. The van der Waals surface area contributed by atoms with Crippen LogP contribution in [0.1, 0.15) is 36.2 Å². The number of anilines is 1. The van der Waals surface area contributed by atoms with Gasteiger partial charge in [-0.1, -0.05) is 30.3 Å². The van der Waals surface area contributed by atoms with Crippen molar-refractivity contribution in [2.24, 2.45) is 0 Å². The number of nitrogens with one attached hydrogen (secondary N) is 1. The lowest BCUT2D eigenvalue weighted by Gasteiger charge is -2.19. The molecular weight excluding hydrogens is 330 g/mol. The van der Waals surface area contributed by atoms with E-state index in [0.717, 1.165) is 12.8 Å². The van der Waals surface area contributed by atoms with Gasteiger partial charge in [0.15, 0.2) is 0 Å². The normalized spacial score (nSPS) is 10.6. The number of amides is 1. The number of hydrogen-bond acceptors (Lipinski definition) is 4. The maximum absolute atomic E-state index is 12.1.